The Bertz CT molecular complexity index is 673. The van der Waals surface area contributed by atoms with Crippen molar-refractivity contribution in [3.63, 3.8) is 0 Å². The van der Waals surface area contributed by atoms with Crippen LogP contribution in [0, 0.1) is 0 Å². The molecule has 0 bridgehead atoms. The summed E-state index contributed by atoms with van der Waals surface area (Å²) in [6.07, 6.45) is 2.34. The van der Waals surface area contributed by atoms with Crippen LogP contribution < -0.4 is 10.5 Å². The van der Waals surface area contributed by atoms with E-state index in [1.165, 1.54) is 15.8 Å². The zero-order valence-electron chi connectivity index (χ0n) is 10.8. The van der Waals surface area contributed by atoms with E-state index in [-0.39, 0.29) is 17.3 Å². The molecule has 0 spiro atoms. The van der Waals surface area contributed by atoms with Crippen LogP contribution in [-0.4, -0.2) is 18.2 Å². The van der Waals surface area contributed by atoms with Gasteiger partial charge in [-0.3, -0.25) is 4.68 Å². The van der Waals surface area contributed by atoms with Crippen LogP contribution in [0.2, 0.25) is 0 Å². The van der Waals surface area contributed by atoms with E-state index in [4.69, 9.17) is 5.73 Å². The molecule has 8 heteroatoms. The Kier molecular flexibility index (Phi) is 3.93. The highest BCUT2D eigenvalue weighted by molar-refractivity contribution is 7.89. The largest absolute Gasteiger partial charge is 0.381 e. The van der Waals surface area contributed by atoms with Crippen molar-refractivity contribution < 1.29 is 8.42 Å². The van der Waals surface area contributed by atoms with E-state index in [0.717, 1.165) is 11.3 Å². The van der Waals surface area contributed by atoms with Crippen LogP contribution in [0.25, 0.3) is 0 Å². The Morgan fingerprint density at radius 1 is 1.42 bits per heavy atom. The standard InChI is InChI=1S/C11H16N4O2S2/c1-3-8-4-5-9(18-8)6-13-19(16,17)10-7-15(2)14-11(10)12/h4-5,7,13H,3,6H2,1-2H3,(H2,12,14). The van der Waals surface area contributed by atoms with Crippen molar-refractivity contribution in [2.45, 2.75) is 24.8 Å². The van der Waals surface area contributed by atoms with Gasteiger partial charge in [0.1, 0.15) is 4.90 Å². The molecule has 104 valence electrons. The second-order valence-corrected chi connectivity index (χ2v) is 7.09. The van der Waals surface area contributed by atoms with Gasteiger partial charge in [0, 0.05) is 29.5 Å². The molecule has 0 aliphatic rings. The maximum Gasteiger partial charge on any atom is 0.246 e. The molecular weight excluding hydrogens is 284 g/mol. The van der Waals surface area contributed by atoms with Gasteiger partial charge >= 0.3 is 0 Å². The number of nitrogen functional groups attached to an aromatic ring is 1. The van der Waals surface area contributed by atoms with E-state index in [1.807, 2.05) is 12.1 Å². The molecule has 0 aliphatic heterocycles. The molecule has 0 fully saturated rings. The monoisotopic (exact) mass is 300 g/mol. The highest BCUT2D eigenvalue weighted by Gasteiger charge is 2.20. The fraction of sp³-hybridized carbons (Fsp3) is 0.364. The zero-order valence-corrected chi connectivity index (χ0v) is 12.4. The number of hydrogen-bond donors (Lipinski definition) is 2. The molecule has 19 heavy (non-hydrogen) atoms. The predicted molar refractivity (Wildman–Crippen MR) is 75.3 cm³/mol. The van der Waals surface area contributed by atoms with Crippen LogP contribution in [0.1, 0.15) is 16.7 Å². The van der Waals surface area contributed by atoms with Crippen molar-refractivity contribution >= 4 is 27.2 Å². The van der Waals surface area contributed by atoms with Gasteiger partial charge in [-0.15, -0.1) is 11.3 Å². The number of sulfonamides is 1. The second kappa shape index (κ2) is 5.32. The topological polar surface area (TPSA) is 90.0 Å². The van der Waals surface area contributed by atoms with E-state index in [0.29, 0.717) is 0 Å². The van der Waals surface area contributed by atoms with Gasteiger partial charge in [0.15, 0.2) is 5.82 Å². The van der Waals surface area contributed by atoms with Crippen LogP contribution in [0.4, 0.5) is 5.82 Å². The molecule has 6 nitrogen and oxygen atoms in total. The summed E-state index contributed by atoms with van der Waals surface area (Å²) in [6.45, 7) is 2.33. The lowest BCUT2D eigenvalue weighted by Gasteiger charge is -2.03. The molecule has 0 saturated heterocycles. The maximum absolute atomic E-state index is 12.1. The Hall–Kier alpha value is -1.38. The minimum absolute atomic E-state index is 0.00965. The van der Waals surface area contributed by atoms with Gasteiger partial charge in [0.05, 0.1) is 0 Å². The highest BCUT2D eigenvalue weighted by Crippen LogP contribution is 2.19. The Labute approximate surface area is 116 Å². The molecule has 0 aliphatic carbocycles. The molecule has 2 heterocycles. The molecule has 0 atom stereocenters. The van der Waals surface area contributed by atoms with Crippen molar-refractivity contribution in [1.29, 1.82) is 0 Å². The summed E-state index contributed by atoms with van der Waals surface area (Å²) in [5.41, 5.74) is 5.57. The van der Waals surface area contributed by atoms with Gasteiger partial charge in [0.2, 0.25) is 10.0 Å². The minimum Gasteiger partial charge on any atom is -0.381 e. The summed E-state index contributed by atoms with van der Waals surface area (Å²) in [7, 11) is -1.99. The predicted octanol–water partition coefficient (Wildman–Crippen LogP) is 1.10. The lowest BCUT2D eigenvalue weighted by Crippen LogP contribution is -2.23. The first-order chi connectivity index (χ1) is 8.92. The van der Waals surface area contributed by atoms with Crippen molar-refractivity contribution in [3.05, 3.63) is 28.1 Å². The molecule has 0 unspecified atom stereocenters. The van der Waals surface area contributed by atoms with Crippen LogP contribution >= 0.6 is 11.3 Å². The Morgan fingerprint density at radius 3 is 2.63 bits per heavy atom. The first kappa shape index (κ1) is 14.0. The van der Waals surface area contributed by atoms with Gasteiger partial charge < -0.3 is 5.73 Å². The molecule has 2 aromatic heterocycles. The third-order valence-electron chi connectivity index (χ3n) is 2.61. The number of hydrogen-bond acceptors (Lipinski definition) is 5. The molecule has 0 aromatic carbocycles. The third kappa shape index (κ3) is 3.14. The van der Waals surface area contributed by atoms with Crippen molar-refractivity contribution in [3.8, 4) is 0 Å². The summed E-state index contributed by atoms with van der Waals surface area (Å²) < 4.78 is 28.1. The van der Waals surface area contributed by atoms with E-state index >= 15 is 0 Å². The fourth-order valence-electron chi connectivity index (χ4n) is 1.64. The van der Waals surface area contributed by atoms with Gasteiger partial charge in [-0.05, 0) is 18.6 Å². The summed E-state index contributed by atoms with van der Waals surface area (Å²) in [5.74, 6) is 0.00965. The molecule has 2 rings (SSSR count). The van der Waals surface area contributed by atoms with E-state index in [9.17, 15) is 8.42 Å². The molecule has 0 radical (unpaired) electrons. The molecule has 0 amide bonds. The number of nitrogens with one attached hydrogen (secondary N) is 1. The number of nitrogens with zero attached hydrogens (tertiary/aromatic N) is 2. The molecule has 3 N–H and O–H groups in total. The quantitative estimate of drug-likeness (QED) is 0.865. The van der Waals surface area contributed by atoms with E-state index in [1.54, 1.807) is 18.4 Å². The Morgan fingerprint density at radius 2 is 2.11 bits per heavy atom. The number of rotatable bonds is 5. The van der Waals surface area contributed by atoms with Crippen molar-refractivity contribution in [2.75, 3.05) is 5.73 Å². The first-order valence-corrected chi connectivity index (χ1v) is 8.08. The minimum atomic E-state index is -3.62. The van der Waals surface area contributed by atoms with Crippen molar-refractivity contribution in [1.82, 2.24) is 14.5 Å². The van der Waals surface area contributed by atoms with Gasteiger partial charge in [-0.25, -0.2) is 13.1 Å². The van der Waals surface area contributed by atoms with Gasteiger partial charge in [0.25, 0.3) is 0 Å². The lowest BCUT2D eigenvalue weighted by atomic mass is 10.4. The Balaban J connectivity index is 2.11. The van der Waals surface area contributed by atoms with Crippen LogP contribution in [0.3, 0.4) is 0 Å². The van der Waals surface area contributed by atoms with Gasteiger partial charge in [-0.1, -0.05) is 6.92 Å². The van der Waals surface area contributed by atoms with Crippen molar-refractivity contribution in [2.24, 2.45) is 7.05 Å². The normalized spacial score (nSPS) is 11.9. The van der Waals surface area contributed by atoms with Crippen LogP contribution in [-0.2, 0) is 30.0 Å². The first-order valence-electron chi connectivity index (χ1n) is 5.78. The third-order valence-corrected chi connectivity index (χ3v) is 5.26. The number of aryl methyl sites for hydroxylation is 2. The van der Waals surface area contributed by atoms with Crippen LogP contribution in [0.15, 0.2) is 23.2 Å². The lowest BCUT2D eigenvalue weighted by molar-refractivity contribution is 0.582. The van der Waals surface area contributed by atoms with Gasteiger partial charge in [-0.2, -0.15) is 5.10 Å². The zero-order chi connectivity index (χ0) is 14.0. The summed E-state index contributed by atoms with van der Waals surface area (Å²) in [5, 5.41) is 3.83. The molecular formula is C11H16N4O2S2. The summed E-state index contributed by atoms with van der Waals surface area (Å²) >= 11 is 1.60. The number of aromatic nitrogens is 2. The fourth-order valence-corrected chi connectivity index (χ4v) is 3.74. The number of thiophene rings is 1. The highest BCUT2D eigenvalue weighted by atomic mass is 32.2. The molecule has 0 saturated carbocycles. The number of nitrogens with two attached hydrogens (primary N) is 1. The summed E-state index contributed by atoms with van der Waals surface area (Å²) in [4.78, 5) is 2.22. The SMILES string of the molecule is CCc1ccc(CNS(=O)(=O)c2cn(C)nc2N)s1. The van der Waals surface area contributed by atoms with Crippen LogP contribution in [0.5, 0.6) is 0 Å². The average Bonchev–Trinajstić information content (AvgIpc) is 2.93. The smallest absolute Gasteiger partial charge is 0.246 e. The second-order valence-electron chi connectivity index (χ2n) is 4.10. The van der Waals surface area contributed by atoms with E-state index in [2.05, 4.69) is 16.7 Å². The maximum atomic E-state index is 12.1. The number of anilines is 1. The average molecular weight is 300 g/mol. The van der Waals surface area contributed by atoms with E-state index < -0.39 is 10.0 Å². The molecule has 2 aromatic rings. The summed E-state index contributed by atoms with van der Waals surface area (Å²) in [6, 6.07) is 3.94.